The fourth-order valence-corrected chi connectivity index (χ4v) is 5.12. The molecule has 0 aliphatic heterocycles. The van der Waals surface area contributed by atoms with E-state index in [-0.39, 0.29) is 22.6 Å². The minimum atomic E-state index is -3.63. The fourth-order valence-electron chi connectivity index (χ4n) is 2.30. The van der Waals surface area contributed by atoms with Crippen LogP contribution in [0.25, 0.3) is 0 Å². The van der Waals surface area contributed by atoms with E-state index in [0.29, 0.717) is 10.0 Å². The van der Waals surface area contributed by atoms with E-state index in [2.05, 4.69) is 15.9 Å². The molecule has 0 saturated heterocycles. The van der Waals surface area contributed by atoms with E-state index < -0.39 is 21.2 Å². The molecule has 0 spiro atoms. The van der Waals surface area contributed by atoms with Crippen molar-refractivity contribution in [3.63, 3.8) is 0 Å². The first kappa shape index (κ1) is 16.0. The van der Waals surface area contributed by atoms with Gasteiger partial charge < -0.3 is 5.11 Å². The lowest BCUT2D eigenvalue weighted by Crippen LogP contribution is -2.18. The number of sulfone groups is 1. The molecule has 1 saturated carbocycles. The van der Waals surface area contributed by atoms with Gasteiger partial charge in [0.2, 0.25) is 0 Å². The van der Waals surface area contributed by atoms with E-state index >= 15 is 0 Å². The van der Waals surface area contributed by atoms with Crippen LogP contribution in [0.2, 0.25) is 0 Å². The number of halogens is 1. The highest BCUT2D eigenvalue weighted by atomic mass is 79.9. The average molecular weight is 372 g/mol. The first-order valence-electron chi connectivity index (χ1n) is 6.34. The first-order chi connectivity index (χ1) is 9.71. The molecule has 0 aromatic heterocycles. The van der Waals surface area contributed by atoms with E-state index in [4.69, 9.17) is 10.4 Å². The Morgan fingerprint density at radius 3 is 2.57 bits per heavy atom. The predicted molar refractivity (Wildman–Crippen MR) is 79.8 cm³/mol. The summed E-state index contributed by atoms with van der Waals surface area (Å²) in [5.41, 5.74) is -0.0323. The molecule has 0 radical (unpaired) electrons. The Balaban J connectivity index is 2.45. The summed E-state index contributed by atoms with van der Waals surface area (Å²) in [7, 11) is -3.63. The van der Waals surface area contributed by atoms with Gasteiger partial charge in [-0.25, -0.2) is 13.2 Å². The zero-order valence-electron chi connectivity index (χ0n) is 11.4. The molecule has 5 nitrogen and oxygen atoms in total. The van der Waals surface area contributed by atoms with Crippen molar-refractivity contribution in [2.45, 2.75) is 31.1 Å². The van der Waals surface area contributed by atoms with Gasteiger partial charge in [-0.1, -0.05) is 15.9 Å². The van der Waals surface area contributed by atoms with Crippen LogP contribution in [0.4, 0.5) is 0 Å². The van der Waals surface area contributed by atoms with Crippen molar-refractivity contribution in [1.29, 1.82) is 5.26 Å². The maximum Gasteiger partial charge on any atom is 0.335 e. The van der Waals surface area contributed by atoms with Crippen molar-refractivity contribution < 1.29 is 18.3 Å². The molecule has 0 amide bonds. The third-order valence-corrected chi connectivity index (χ3v) is 6.70. The molecule has 1 aliphatic rings. The number of benzene rings is 1. The minimum Gasteiger partial charge on any atom is -0.478 e. The van der Waals surface area contributed by atoms with Gasteiger partial charge in [0.25, 0.3) is 0 Å². The second-order valence-corrected chi connectivity index (χ2v) is 8.29. The van der Waals surface area contributed by atoms with Crippen LogP contribution in [0.5, 0.6) is 0 Å². The molecule has 1 N–H and O–H groups in total. The van der Waals surface area contributed by atoms with Crippen molar-refractivity contribution in [3.05, 3.63) is 27.7 Å². The van der Waals surface area contributed by atoms with Crippen molar-refractivity contribution in [3.8, 4) is 6.07 Å². The summed E-state index contributed by atoms with van der Waals surface area (Å²) in [6, 6.07) is 4.61. The smallest absolute Gasteiger partial charge is 0.335 e. The third kappa shape index (κ3) is 3.27. The van der Waals surface area contributed by atoms with E-state index in [1.165, 1.54) is 12.1 Å². The number of hydrogen-bond donors (Lipinski definition) is 1. The summed E-state index contributed by atoms with van der Waals surface area (Å²) in [5, 5.41) is 17.9. The van der Waals surface area contributed by atoms with Crippen LogP contribution >= 0.6 is 15.9 Å². The van der Waals surface area contributed by atoms with Gasteiger partial charge in [-0.05, 0) is 42.9 Å². The normalized spacial score (nSPS) is 16.2. The van der Waals surface area contributed by atoms with Crippen molar-refractivity contribution in [2.75, 3.05) is 5.75 Å². The highest BCUT2D eigenvalue weighted by Gasteiger charge is 2.46. The topological polar surface area (TPSA) is 95.2 Å². The molecule has 1 aromatic rings. The molecule has 7 heteroatoms. The van der Waals surface area contributed by atoms with Crippen LogP contribution in [0.3, 0.4) is 0 Å². The molecule has 0 heterocycles. The van der Waals surface area contributed by atoms with E-state index in [9.17, 15) is 13.2 Å². The highest BCUT2D eigenvalue weighted by Crippen LogP contribution is 2.50. The van der Waals surface area contributed by atoms with Crippen LogP contribution in [-0.4, -0.2) is 25.2 Å². The van der Waals surface area contributed by atoms with Gasteiger partial charge in [-0.15, -0.1) is 0 Å². The second-order valence-electron chi connectivity index (χ2n) is 5.48. The number of carbonyl (C=O) groups is 1. The Kier molecular flexibility index (Phi) is 4.13. The summed E-state index contributed by atoms with van der Waals surface area (Å²) in [6.07, 6.45) is 1.66. The average Bonchev–Trinajstić information content (AvgIpc) is 3.11. The van der Waals surface area contributed by atoms with Gasteiger partial charge in [-0.3, -0.25) is 0 Å². The van der Waals surface area contributed by atoms with E-state index in [0.717, 1.165) is 12.8 Å². The molecular weight excluding hydrogens is 358 g/mol. The van der Waals surface area contributed by atoms with Crippen LogP contribution in [0.1, 0.15) is 35.2 Å². The Labute approximate surface area is 131 Å². The number of rotatable bonds is 5. The second kappa shape index (κ2) is 5.43. The molecule has 0 atom stereocenters. The zero-order valence-corrected chi connectivity index (χ0v) is 13.8. The lowest BCUT2D eigenvalue weighted by Gasteiger charge is -2.15. The molecule has 21 heavy (non-hydrogen) atoms. The number of aromatic carboxylic acids is 1. The zero-order chi connectivity index (χ0) is 15.8. The van der Waals surface area contributed by atoms with Crippen LogP contribution in [0.15, 0.2) is 21.5 Å². The molecule has 0 unspecified atom stereocenters. The summed E-state index contributed by atoms with van der Waals surface area (Å²) < 4.78 is 25.6. The van der Waals surface area contributed by atoms with Crippen LogP contribution in [0, 0.1) is 23.7 Å². The summed E-state index contributed by atoms with van der Waals surface area (Å²) >= 11 is 3.20. The first-order valence-corrected chi connectivity index (χ1v) is 8.78. The van der Waals surface area contributed by atoms with Crippen LogP contribution < -0.4 is 0 Å². The number of carboxylic acid groups (broad SMARTS) is 1. The fraction of sp³-hybridized carbons (Fsp3) is 0.429. The predicted octanol–water partition coefficient (Wildman–Crippen LogP) is 2.92. The van der Waals surface area contributed by atoms with E-state index in [1.807, 2.05) is 6.07 Å². The Morgan fingerprint density at radius 1 is 1.48 bits per heavy atom. The molecule has 1 aliphatic carbocycles. The van der Waals surface area contributed by atoms with Crippen LogP contribution in [-0.2, 0) is 9.84 Å². The molecule has 1 aromatic carbocycles. The highest BCUT2D eigenvalue weighted by molar-refractivity contribution is 9.10. The molecule has 0 bridgehead atoms. The maximum absolute atomic E-state index is 12.6. The summed E-state index contributed by atoms with van der Waals surface area (Å²) in [5.74, 6) is -1.28. The van der Waals surface area contributed by atoms with E-state index in [1.54, 1.807) is 6.92 Å². The Morgan fingerprint density at radius 2 is 2.10 bits per heavy atom. The Hall–Kier alpha value is -1.39. The van der Waals surface area contributed by atoms with Gasteiger partial charge in [0.15, 0.2) is 9.84 Å². The molecule has 2 rings (SSSR count). The number of carboxylic acids is 1. The maximum atomic E-state index is 12.6. The molecular formula is C14H14BrNO4S. The number of nitrogens with zero attached hydrogens (tertiary/aromatic N) is 1. The van der Waals surface area contributed by atoms with Crippen molar-refractivity contribution >= 4 is 31.7 Å². The standard InChI is InChI=1S/C14H14BrNO4S/c1-9-11(15)6-10(13(17)18)7-12(9)21(19,20)8-14(2-3-14)4-5-16/h6-7H,2-4,8H2,1H3,(H,17,18). The number of hydrogen-bond acceptors (Lipinski definition) is 4. The minimum absolute atomic E-state index is 0.0264. The van der Waals surface area contributed by atoms with Gasteiger partial charge in [0, 0.05) is 10.9 Å². The van der Waals surface area contributed by atoms with Gasteiger partial charge >= 0.3 is 5.97 Å². The lowest BCUT2D eigenvalue weighted by atomic mass is 10.1. The van der Waals surface area contributed by atoms with Crippen molar-refractivity contribution in [1.82, 2.24) is 0 Å². The summed E-state index contributed by atoms with van der Waals surface area (Å²) in [4.78, 5) is 11.1. The van der Waals surface area contributed by atoms with Gasteiger partial charge in [0.05, 0.1) is 22.3 Å². The largest absolute Gasteiger partial charge is 0.478 e. The SMILES string of the molecule is Cc1c(Br)cc(C(=O)O)cc1S(=O)(=O)CC1(CC#N)CC1. The lowest BCUT2D eigenvalue weighted by molar-refractivity contribution is 0.0696. The van der Waals surface area contributed by atoms with Gasteiger partial charge in [0.1, 0.15) is 0 Å². The number of nitriles is 1. The monoisotopic (exact) mass is 371 g/mol. The quantitative estimate of drug-likeness (QED) is 0.858. The third-order valence-electron chi connectivity index (χ3n) is 3.79. The molecule has 1 fully saturated rings. The van der Waals surface area contributed by atoms with Crippen molar-refractivity contribution in [2.24, 2.45) is 5.41 Å². The van der Waals surface area contributed by atoms with Gasteiger partial charge in [-0.2, -0.15) is 5.26 Å². The molecule has 112 valence electrons. The summed E-state index contributed by atoms with van der Waals surface area (Å²) in [6.45, 7) is 1.63. The Bertz CT molecular complexity index is 745.